The number of hydrogen-bond acceptors (Lipinski definition) is 5. The van der Waals surface area contributed by atoms with E-state index in [9.17, 15) is 4.79 Å². The number of benzene rings is 2. The number of methoxy groups -OCH3 is 2. The Balaban J connectivity index is 1.69. The molecule has 182 valence electrons. The van der Waals surface area contributed by atoms with Crippen molar-refractivity contribution in [1.29, 1.82) is 0 Å². The summed E-state index contributed by atoms with van der Waals surface area (Å²) < 4.78 is 12.4. The number of ether oxygens (including phenoxy) is 2. The monoisotopic (exact) mass is 472 g/mol. The Bertz CT molecular complexity index is 1400. The highest BCUT2D eigenvalue weighted by molar-refractivity contribution is 5.86. The van der Waals surface area contributed by atoms with Gasteiger partial charge in [-0.3, -0.25) is 4.79 Å². The van der Waals surface area contributed by atoms with Crippen molar-refractivity contribution in [2.75, 3.05) is 32.2 Å². The predicted octanol–water partition coefficient (Wildman–Crippen LogP) is 5.16. The van der Waals surface area contributed by atoms with Crippen molar-refractivity contribution in [2.45, 2.75) is 39.0 Å². The van der Waals surface area contributed by atoms with Gasteiger partial charge in [-0.25, -0.2) is 0 Å². The summed E-state index contributed by atoms with van der Waals surface area (Å²) in [4.78, 5) is 19.9. The van der Waals surface area contributed by atoms with Crippen molar-refractivity contribution in [3.63, 3.8) is 0 Å². The summed E-state index contributed by atoms with van der Waals surface area (Å²) in [5, 5.41) is 4.88. The van der Waals surface area contributed by atoms with Gasteiger partial charge in [-0.05, 0) is 43.9 Å². The number of nitrogens with zero attached hydrogens (tertiary/aromatic N) is 3. The molecule has 0 radical (unpaired) electrons. The Hall–Kier alpha value is -3.74. The number of fused-ring (bicyclic) bond motifs is 1. The van der Waals surface area contributed by atoms with E-state index < -0.39 is 0 Å². The predicted molar refractivity (Wildman–Crippen MR) is 139 cm³/mol. The zero-order valence-corrected chi connectivity index (χ0v) is 20.8. The van der Waals surface area contributed by atoms with Crippen LogP contribution in [0.5, 0.6) is 11.5 Å². The van der Waals surface area contributed by atoms with Gasteiger partial charge >= 0.3 is 0 Å². The lowest BCUT2D eigenvalue weighted by atomic mass is 9.92. The first-order valence-electron chi connectivity index (χ1n) is 12.2. The fourth-order valence-corrected chi connectivity index (χ4v) is 5.19. The van der Waals surface area contributed by atoms with E-state index in [1.165, 1.54) is 6.42 Å². The molecule has 1 N–H and O–H groups in total. The van der Waals surface area contributed by atoms with E-state index in [1.807, 2.05) is 50.2 Å². The minimum atomic E-state index is -0.161. The SMILES string of the molecule is COc1ccc([C@H](C)c2c(C)[nH]c3c(N4CCCCC4)c(-c4ccccc4)nn3c2=O)cc1OC. The fourth-order valence-electron chi connectivity index (χ4n) is 5.19. The van der Waals surface area contributed by atoms with Gasteiger partial charge in [-0.1, -0.05) is 43.3 Å². The van der Waals surface area contributed by atoms with Crippen LogP contribution in [-0.2, 0) is 0 Å². The number of aromatic amines is 1. The summed E-state index contributed by atoms with van der Waals surface area (Å²) in [5.74, 6) is 1.14. The van der Waals surface area contributed by atoms with E-state index in [0.717, 1.165) is 59.8 Å². The molecule has 1 fully saturated rings. The van der Waals surface area contributed by atoms with Crippen molar-refractivity contribution in [2.24, 2.45) is 0 Å². The van der Waals surface area contributed by atoms with Crippen LogP contribution in [0.1, 0.15) is 48.9 Å². The third kappa shape index (κ3) is 4.05. The molecule has 1 aliphatic rings. The second-order valence-electron chi connectivity index (χ2n) is 9.18. The largest absolute Gasteiger partial charge is 0.493 e. The number of piperidine rings is 1. The van der Waals surface area contributed by atoms with Crippen LogP contribution in [0.25, 0.3) is 16.9 Å². The topological polar surface area (TPSA) is 71.9 Å². The zero-order valence-electron chi connectivity index (χ0n) is 20.8. The van der Waals surface area contributed by atoms with Crippen LogP contribution in [-0.4, -0.2) is 41.9 Å². The fraction of sp³-hybridized carbons (Fsp3) is 0.357. The Morgan fingerprint density at radius 2 is 1.69 bits per heavy atom. The first-order valence-corrected chi connectivity index (χ1v) is 12.2. The maximum atomic E-state index is 13.9. The van der Waals surface area contributed by atoms with Crippen LogP contribution in [0.4, 0.5) is 5.69 Å². The van der Waals surface area contributed by atoms with E-state index in [0.29, 0.717) is 17.1 Å². The molecule has 0 spiro atoms. The summed E-state index contributed by atoms with van der Waals surface area (Å²) in [6.45, 7) is 5.94. The first kappa shape index (κ1) is 23.0. The Kier molecular flexibility index (Phi) is 6.24. The quantitative estimate of drug-likeness (QED) is 0.420. The first-order chi connectivity index (χ1) is 17.0. The van der Waals surface area contributed by atoms with Gasteiger partial charge in [0.15, 0.2) is 17.1 Å². The molecule has 1 saturated heterocycles. The summed E-state index contributed by atoms with van der Waals surface area (Å²) >= 11 is 0. The van der Waals surface area contributed by atoms with Gasteiger partial charge in [-0.15, -0.1) is 0 Å². The van der Waals surface area contributed by atoms with Crippen molar-refractivity contribution >= 4 is 11.3 Å². The van der Waals surface area contributed by atoms with Crippen molar-refractivity contribution in [1.82, 2.24) is 14.6 Å². The van der Waals surface area contributed by atoms with E-state index in [4.69, 9.17) is 14.6 Å². The molecule has 0 saturated carbocycles. The van der Waals surface area contributed by atoms with Gasteiger partial charge in [0, 0.05) is 35.8 Å². The molecular weight excluding hydrogens is 440 g/mol. The third-order valence-corrected chi connectivity index (χ3v) is 7.05. The number of aryl methyl sites for hydroxylation is 1. The molecule has 5 rings (SSSR count). The zero-order chi connectivity index (χ0) is 24.5. The second-order valence-corrected chi connectivity index (χ2v) is 9.18. The van der Waals surface area contributed by atoms with Gasteiger partial charge in [0.2, 0.25) is 0 Å². The third-order valence-electron chi connectivity index (χ3n) is 7.05. The molecule has 2 aromatic heterocycles. The normalized spacial score (nSPS) is 14.8. The number of hydrogen-bond donors (Lipinski definition) is 1. The minimum Gasteiger partial charge on any atom is -0.493 e. The molecule has 2 aromatic carbocycles. The minimum absolute atomic E-state index is 0.0982. The molecule has 7 nitrogen and oxygen atoms in total. The van der Waals surface area contributed by atoms with E-state index >= 15 is 0 Å². The van der Waals surface area contributed by atoms with E-state index in [-0.39, 0.29) is 11.5 Å². The molecule has 4 aromatic rings. The molecule has 0 unspecified atom stereocenters. The van der Waals surface area contributed by atoms with Crippen LogP contribution in [0.2, 0.25) is 0 Å². The summed E-state index contributed by atoms with van der Waals surface area (Å²) in [5.41, 5.74) is 6.05. The van der Waals surface area contributed by atoms with Crippen LogP contribution in [0.15, 0.2) is 53.3 Å². The lowest BCUT2D eigenvalue weighted by Gasteiger charge is -2.28. The second kappa shape index (κ2) is 9.49. The molecule has 1 atom stereocenters. The number of nitrogens with one attached hydrogen (secondary N) is 1. The van der Waals surface area contributed by atoms with Gasteiger partial charge < -0.3 is 19.4 Å². The van der Waals surface area contributed by atoms with Crippen LogP contribution < -0.4 is 19.9 Å². The van der Waals surface area contributed by atoms with Crippen molar-refractivity contribution < 1.29 is 9.47 Å². The average Bonchev–Trinajstić information content (AvgIpc) is 3.28. The van der Waals surface area contributed by atoms with Crippen molar-refractivity contribution in [3.05, 3.63) is 75.7 Å². The molecule has 35 heavy (non-hydrogen) atoms. The van der Waals surface area contributed by atoms with Gasteiger partial charge in [0.05, 0.1) is 14.2 Å². The average molecular weight is 473 g/mol. The van der Waals surface area contributed by atoms with Crippen LogP contribution in [0, 0.1) is 6.92 Å². The molecule has 3 heterocycles. The summed E-state index contributed by atoms with van der Waals surface area (Å²) in [6.07, 6.45) is 3.52. The van der Waals surface area contributed by atoms with Crippen LogP contribution in [0.3, 0.4) is 0 Å². The summed E-state index contributed by atoms with van der Waals surface area (Å²) in [7, 11) is 3.24. The number of H-pyrrole nitrogens is 1. The van der Waals surface area contributed by atoms with E-state index in [1.54, 1.807) is 18.7 Å². The molecular formula is C28H32N4O3. The highest BCUT2D eigenvalue weighted by Gasteiger charge is 2.26. The Morgan fingerprint density at radius 1 is 0.971 bits per heavy atom. The van der Waals surface area contributed by atoms with Gasteiger partial charge in [0.1, 0.15) is 11.4 Å². The maximum absolute atomic E-state index is 13.9. The number of aromatic nitrogens is 3. The molecule has 0 bridgehead atoms. The molecule has 7 heteroatoms. The molecule has 0 amide bonds. The standard InChI is InChI=1S/C28H32N4O3/c1-18(21-13-14-22(34-3)23(17-21)35-4)24-19(2)29-27-26(31-15-9-6-10-16-31)25(30-32(27)28(24)33)20-11-7-5-8-12-20/h5,7-8,11-14,17-18,29H,6,9-10,15-16H2,1-4H3/t18-/m0/s1. The summed E-state index contributed by atoms with van der Waals surface area (Å²) in [6, 6.07) is 15.9. The Morgan fingerprint density at radius 3 is 2.37 bits per heavy atom. The number of rotatable bonds is 6. The Labute approximate surface area is 205 Å². The van der Waals surface area contributed by atoms with Gasteiger partial charge in [0.25, 0.3) is 5.56 Å². The molecule has 1 aliphatic heterocycles. The smallest absolute Gasteiger partial charge is 0.278 e. The van der Waals surface area contributed by atoms with Crippen molar-refractivity contribution in [3.8, 4) is 22.8 Å². The lowest BCUT2D eigenvalue weighted by molar-refractivity contribution is 0.354. The lowest BCUT2D eigenvalue weighted by Crippen LogP contribution is -2.30. The maximum Gasteiger partial charge on any atom is 0.278 e. The van der Waals surface area contributed by atoms with Crippen LogP contribution >= 0.6 is 0 Å². The van der Waals surface area contributed by atoms with Gasteiger partial charge in [-0.2, -0.15) is 9.61 Å². The molecule has 0 aliphatic carbocycles. The highest BCUT2D eigenvalue weighted by Crippen LogP contribution is 2.36. The number of anilines is 1. The highest BCUT2D eigenvalue weighted by atomic mass is 16.5. The van der Waals surface area contributed by atoms with E-state index in [2.05, 4.69) is 22.0 Å².